The molecule has 104 valence electrons. The molecule has 1 unspecified atom stereocenters. The molecule has 8 heteroatoms. The van der Waals surface area contributed by atoms with Crippen LogP contribution in [0, 0.1) is 0 Å². The normalized spacial score (nSPS) is 14.8. The van der Waals surface area contributed by atoms with Crippen LogP contribution in [-0.4, -0.2) is 41.3 Å². The smallest absolute Gasteiger partial charge is 0.221 e. The summed E-state index contributed by atoms with van der Waals surface area (Å²) in [6.07, 6.45) is -0.571. The van der Waals surface area contributed by atoms with Crippen LogP contribution in [0.15, 0.2) is 17.5 Å². The fourth-order valence-electron chi connectivity index (χ4n) is 1.35. The molecule has 0 radical (unpaired) electrons. The number of hydrogen-bond acceptors (Lipinski definition) is 4. The first-order chi connectivity index (χ1) is 8.23. The molecule has 1 heterocycles. The van der Waals surface area contributed by atoms with Gasteiger partial charge in [-0.2, -0.15) is 0 Å². The van der Waals surface area contributed by atoms with Gasteiger partial charge in [-0.25, -0.2) is 0 Å². The monoisotopic (exact) mass is 348 g/mol. The van der Waals surface area contributed by atoms with Crippen molar-refractivity contribution in [1.82, 2.24) is 9.34 Å². The van der Waals surface area contributed by atoms with E-state index in [4.69, 9.17) is 39.3 Å². The standard InChI is InChI=1S/C10H16Cl3N2OPS/c1-14(2)17(15(3)4)16-9(10(11,12)13)8-6-5-7-18-8/h5-7,9H,1-4H3. The average Bonchev–Trinajstić information content (AvgIpc) is 2.67. The number of halogens is 3. The number of thiophene rings is 1. The molecule has 0 aliphatic heterocycles. The van der Waals surface area contributed by atoms with Gasteiger partial charge in [0.1, 0.15) is 6.10 Å². The van der Waals surface area contributed by atoms with Gasteiger partial charge >= 0.3 is 0 Å². The zero-order valence-electron chi connectivity index (χ0n) is 10.6. The summed E-state index contributed by atoms with van der Waals surface area (Å²) in [6.45, 7) is 0. The van der Waals surface area contributed by atoms with Gasteiger partial charge in [-0.1, -0.05) is 40.9 Å². The van der Waals surface area contributed by atoms with Crippen LogP contribution in [0.4, 0.5) is 0 Å². The summed E-state index contributed by atoms with van der Waals surface area (Å²) in [5.41, 5.74) is 0. The van der Waals surface area contributed by atoms with E-state index in [0.717, 1.165) is 4.88 Å². The van der Waals surface area contributed by atoms with Crippen molar-refractivity contribution >= 4 is 54.6 Å². The van der Waals surface area contributed by atoms with E-state index >= 15 is 0 Å². The summed E-state index contributed by atoms with van der Waals surface area (Å²) in [4.78, 5) is 0.909. The first-order valence-corrected chi connectivity index (χ1v) is 8.33. The van der Waals surface area contributed by atoms with Gasteiger partial charge in [-0.3, -0.25) is 9.34 Å². The second kappa shape index (κ2) is 7.05. The molecule has 0 saturated carbocycles. The Morgan fingerprint density at radius 2 is 1.78 bits per heavy atom. The molecule has 0 aromatic carbocycles. The zero-order chi connectivity index (χ0) is 13.9. The van der Waals surface area contributed by atoms with Crippen LogP contribution >= 0.6 is 54.6 Å². The maximum atomic E-state index is 6.03. The van der Waals surface area contributed by atoms with Gasteiger partial charge in [0.2, 0.25) is 3.79 Å². The molecule has 0 aliphatic carbocycles. The topological polar surface area (TPSA) is 15.7 Å². The summed E-state index contributed by atoms with van der Waals surface area (Å²) < 4.78 is 8.48. The molecular weight excluding hydrogens is 334 g/mol. The van der Waals surface area contributed by atoms with Gasteiger partial charge < -0.3 is 4.52 Å². The Labute approximate surface area is 129 Å². The van der Waals surface area contributed by atoms with Crippen molar-refractivity contribution in [2.45, 2.75) is 9.90 Å². The fraction of sp³-hybridized carbons (Fsp3) is 0.600. The minimum absolute atomic E-state index is 0.571. The predicted molar refractivity (Wildman–Crippen MR) is 82.7 cm³/mol. The van der Waals surface area contributed by atoms with Crippen LogP contribution < -0.4 is 0 Å². The minimum atomic E-state index is -1.49. The van der Waals surface area contributed by atoms with Crippen molar-refractivity contribution in [3.63, 3.8) is 0 Å². The lowest BCUT2D eigenvalue weighted by Crippen LogP contribution is -2.25. The molecule has 1 aromatic rings. The van der Waals surface area contributed by atoms with Gasteiger partial charge in [-0.15, -0.1) is 11.3 Å². The summed E-state index contributed by atoms with van der Waals surface area (Å²) >= 11 is 19.6. The SMILES string of the molecule is CN(C)P(OC(c1cccs1)C(Cl)(Cl)Cl)N(C)C. The first kappa shape index (κ1) is 16.9. The predicted octanol–water partition coefficient (Wildman–Crippen LogP) is 4.53. The Morgan fingerprint density at radius 3 is 2.11 bits per heavy atom. The Kier molecular flexibility index (Phi) is 6.63. The molecule has 1 atom stereocenters. The molecule has 0 spiro atoms. The molecule has 0 N–H and O–H groups in total. The number of alkyl halides is 3. The summed E-state index contributed by atoms with van der Waals surface area (Å²) in [6, 6.07) is 3.83. The Bertz CT molecular complexity index is 349. The van der Waals surface area contributed by atoms with E-state index in [-0.39, 0.29) is 0 Å². The van der Waals surface area contributed by atoms with Gasteiger partial charge in [0, 0.05) is 4.88 Å². The molecule has 0 bridgehead atoms. The van der Waals surface area contributed by atoms with Gasteiger partial charge in [-0.05, 0) is 39.6 Å². The van der Waals surface area contributed by atoms with Crippen molar-refractivity contribution in [2.24, 2.45) is 0 Å². The fourth-order valence-corrected chi connectivity index (χ4v) is 4.66. The van der Waals surface area contributed by atoms with Gasteiger partial charge in [0.25, 0.3) is 0 Å². The number of hydrogen-bond donors (Lipinski definition) is 0. The van der Waals surface area contributed by atoms with Crippen LogP contribution in [0.25, 0.3) is 0 Å². The van der Waals surface area contributed by atoms with Crippen molar-refractivity contribution < 1.29 is 4.52 Å². The van der Waals surface area contributed by atoms with Crippen molar-refractivity contribution in [3.8, 4) is 0 Å². The second-order valence-corrected chi connectivity index (χ2v) is 9.65. The molecule has 18 heavy (non-hydrogen) atoms. The highest BCUT2D eigenvalue weighted by molar-refractivity contribution is 7.47. The van der Waals surface area contributed by atoms with Crippen LogP contribution in [0.2, 0.25) is 0 Å². The summed E-state index contributed by atoms with van der Waals surface area (Å²) in [5.74, 6) is 0. The lowest BCUT2D eigenvalue weighted by atomic mass is 10.3. The van der Waals surface area contributed by atoms with Crippen molar-refractivity contribution in [3.05, 3.63) is 22.4 Å². The lowest BCUT2D eigenvalue weighted by molar-refractivity contribution is 0.206. The third-order valence-electron chi connectivity index (χ3n) is 1.98. The molecule has 1 aromatic heterocycles. The van der Waals surface area contributed by atoms with Crippen LogP contribution in [0.3, 0.4) is 0 Å². The first-order valence-electron chi connectivity index (χ1n) is 5.15. The lowest BCUT2D eigenvalue weighted by Gasteiger charge is -2.34. The van der Waals surface area contributed by atoms with E-state index in [2.05, 4.69) is 0 Å². The third-order valence-corrected chi connectivity index (χ3v) is 5.26. The quantitative estimate of drug-likeness (QED) is 0.574. The molecule has 1 rings (SSSR count). The van der Waals surface area contributed by atoms with Crippen LogP contribution in [0.1, 0.15) is 11.0 Å². The molecular formula is C10H16Cl3N2OPS. The highest BCUT2D eigenvalue weighted by Gasteiger charge is 2.38. The summed E-state index contributed by atoms with van der Waals surface area (Å²) in [5, 5.41) is 1.94. The Balaban J connectivity index is 2.92. The summed E-state index contributed by atoms with van der Waals surface area (Å²) in [7, 11) is 6.79. The number of rotatable bonds is 5. The Morgan fingerprint density at radius 1 is 1.22 bits per heavy atom. The van der Waals surface area contributed by atoms with E-state index in [1.54, 1.807) is 0 Å². The third kappa shape index (κ3) is 4.77. The van der Waals surface area contributed by atoms with E-state index in [9.17, 15) is 0 Å². The molecule has 0 amide bonds. The molecule has 0 saturated heterocycles. The van der Waals surface area contributed by atoms with Crippen LogP contribution in [0.5, 0.6) is 0 Å². The van der Waals surface area contributed by atoms with E-state index in [1.807, 2.05) is 55.0 Å². The van der Waals surface area contributed by atoms with E-state index in [0.29, 0.717) is 0 Å². The van der Waals surface area contributed by atoms with Gasteiger partial charge in [0.15, 0.2) is 8.45 Å². The van der Waals surface area contributed by atoms with E-state index < -0.39 is 18.3 Å². The molecule has 3 nitrogen and oxygen atoms in total. The Hall–Kier alpha value is 0.880. The minimum Gasteiger partial charge on any atom is -0.318 e. The maximum absolute atomic E-state index is 6.03. The highest BCUT2D eigenvalue weighted by Crippen LogP contribution is 2.53. The highest BCUT2D eigenvalue weighted by atomic mass is 35.6. The van der Waals surface area contributed by atoms with E-state index in [1.165, 1.54) is 11.3 Å². The average molecular weight is 350 g/mol. The maximum Gasteiger partial charge on any atom is 0.221 e. The second-order valence-electron chi connectivity index (χ2n) is 3.99. The zero-order valence-corrected chi connectivity index (χ0v) is 14.6. The molecule has 0 fully saturated rings. The van der Waals surface area contributed by atoms with Crippen molar-refractivity contribution in [2.75, 3.05) is 28.2 Å². The molecule has 0 aliphatic rings. The van der Waals surface area contributed by atoms with Crippen LogP contribution in [-0.2, 0) is 4.52 Å². The largest absolute Gasteiger partial charge is 0.318 e. The van der Waals surface area contributed by atoms with Crippen molar-refractivity contribution in [1.29, 1.82) is 0 Å². The number of nitrogens with zero attached hydrogens (tertiary/aromatic N) is 2. The van der Waals surface area contributed by atoms with Gasteiger partial charge in [0.05, 0.1) is 0 Å².